The topological polar surface area (TPSA) is 117 Å². The minimum atomic E-state index is -0.591. The molecule has 2 rings (SSSR count). The van der Waals surface area contributed by atoms with Gasteiger partial charge >= 0.3 is 0 Å². The average Bonchev–Trinajstić information content (AvgIpc) is 2.68. The molecule has 0 aliphatic rings. The van der Waals surface area contributed by atoms with Crippen LogP contribution >= 0.6 is 0 Å². The van der Waals surface area contributed by atoms with Crippen LogP contribution in [0.25, 0.3) is 0 Å². The van der Waals surface area contributed by atoms with Crippen molar-refractivity contribution in [1.82, 2.24) is 5.43 Å². The lowest BCUT2D eigenvalue weighted by Crippen LogP contribution is -2.25. The van der Waals surface area contributed by atoms with Crippen LogP contribution in [0.15, 0.2) is 47.6 Å². The number of nitro benzene ring substituents is 1. The molecule has 2 aromatic carbocycles. The molecule has 0 aliphatic carbocycles. The number of nitrogens with zero attached hydrogens (tertiary/aromatic N) is 3. The van der Waals surface area contributed by atoms with Crippen LogP contribution in [-0.4, -0.2) is 37.0 Å². The highest BCUT2D eigenvalue weighted by Crippen LogP contribution is 2.27. The first-order valence-electron chi connectivity index (χ1n) is 8.97. The monoisotopic (exact) mass is 397 g/mol. The Labute approximate surface area is 168 Å². The van der Waals surface area contributed by atoms with Crippen LogP contribution in [0, 0.1) is 10.1 Å². The predicted molar refractivity (Wildman–Crippen MR) is 112 cm³/mol. The van der Waals surface area contributed by atoms with Gasteiger partial charge in [0.25, 0.3) is 5.69 Å². The summed E-state index contributed by atoms with van der Waals surface area (Å²) in [4.78, 5) is 36.3. The third-order valence-electron chi connectivity index (χ3n) is 4.07. The summed E-state index contributed by atoms with van der Waals surface area (Å²) in [6.07, 6.45) is 1.65. The van der Waals surface area contributed by atoms with Crippen molar-refractivity contribution in [2.75, 3.05) is 24.3 Å². The molecule has 0 aromatic heterocycles. The maximum absolute atomic E-state index is 12.0. The SMILES string of the molecule is CCc1ccccc1NC(=O)CC(=O)NN=Cc1ccc(N(C)C)c([N+](=O)[O-])c1. The highest BCUT2D eigenvalue weighted by atomic mass is 16.6. The molecule has 2 aromatic rings. The molecule has 0 fully saturated rings. The zero-order valence-corrected chi connectivity index (χ0v) is 16.5. The second-order valence-corrected chi connectivity index (χ2v) is 6.43. The molecule has 0 heterocycles. The van der Waals surface area contributed by atoms with Gasteiger partial charge in [-0.1, -0.05) is 31.2 Å². The van der Waals surface area contributed by atoms with E-state index in [1.165, 1.54) is 12.3 Å². The first-order valence-corrected chi connectivity index (χ1v) is 8.97. The third-order valence-corrected chi connectivity index (χ3v) is 4.07. The number of hydrogen-bond acceptors (Lipinski definition) is 6. The molecular formula is C20H23N5O4. The number of para-hydroxylation sites is 1. The van der Waals surface area contributed by atoms with Gasteiger partial charge in [-0.3, -0.25) is 19.7 Å². The van der Waals surface area contributed by atoms with E-state index in [0.29, 0.717) is 16.9 Å². The van der Waals surface area contributed by atoms with Crippen LogP contribution in [0.1, 0.15) is 24.5 Å². The lowest BCUT2D eigenvalue weighted by atomic mass is 10.1. The Bertz CT molecular complexity index is 940. The Morgan fingerprint density at radius 2 is 1.90 bits per heavy atom. The number of anilines is 2. The second-order valence-electron chi connectivity index (χ2n) is 6.43. The van der Waals surface area contributed by atoms with E-state index in [1.54, 1.807) is 43.3 Å². The quantitative estimate of drug-likeness (QED) is 0.307. The Hall–Kier alpha value is -3.75. The maximum atomic E-state index is 12.0. The number of hydrogen-bond donors (Lipinski definition) is 2. The second kappa shape index (κ2) is 9.98. The van der Waals surface area contributed by atoms with E-state index in [2.05, 4.69) is 15.8 Å². The van der Waals surface area contributed by atoms with Gasteiger partial charge in [0.1, 0.15) is 12.1 Å². The van der Waals surface area contributed by atoms with E-state index >= 15 is 0 Å². The largest absolute Gasteiger partial charge is 0.372 e. The molecule has 2 amide bonds. The number of aryl methyl sites for hydroxylation is 1. The summed E-state index contributed by atoms with van der Waals surface area (Å²) in [7, 11) is 3.42. The lowest BCUT2D eigenvalue weighted by Gasteiger charge is -2.12. The highest BCUT2D eigenvalue weighted by Gasteiger charge is 2.15. The summed E-state index contributed by atoms with van der Waals surface area (Å²) in [6.45, 7) is 1.97. The van der Waals surface area contributed by atoms with Gasteiger partial charge in [-0.25, -0.2) is 5.43 Å². The Balaban J connectivity index is 1.95. The fourth-order valence-corrected chi connectivity index (χ4v) is 2.65. The van der Waals surface area contributed by atoms with Crippen LogP contribution in [-0.2, 0) is 16.0 Å². The van der Waals surface area contributed by atoms with Crippen LogP contribution < -0.4 is 15.6 Å². The predicted octanol–water partition coefficient (Wildman–Crippen LogP) is 2.70. The number of hydrazone groups is 1. The van der Waals surface area contributed by atoms with Crippen molar-refractivity contribution in [3.8, 4) is 0 Å². The number of nitro groups is 1. The molecule has 0 spiro atoms. The van der Waals surface area contributed by atoms with Gasteiger partial charge in [-0.2, -0.15) is 5.10 Å². The van der Waals surface area contributed by atoms with Gasteiger partial charge < -0.3 is 10.2 Å². The lowest BCUT2D eigenvalue weighted by molar-refractivity contribution is -0.384. The van der Waals surface area contributed by atoms with Gasteiger partial charge in [-0.05, 0) is 24.1 Å². The number of amides is 2. The highest BCUT2D eigenvalue weighted by molar-refractivity contribution is 6.04. The molecule has 29 heavy (non-hydrogen) atoms. The maximum Gasteiger partial charge on any atom is 0.293 e. The van der Waals surface area contributed by atoms with Crippen molar-refractivity contribution in [3.63, 3.8) is 0 Å². The molecule has 0 bridgehead atoms. The van der Waals surface area contributed by atoms with E-state index in [4.69, 9.17) is 0 Å². The third kappa shape index (κ3) is 6.13. The van der Waals surface area contributed by atoms with Crippen LogP contribution in [0.2, 0.25) is 0 Å². The average molecular weight is 397 g/mol. The molecule has 9 nitrogen and oxygen atoms in total. The van der Waals surface area contributed by atoms with Crippen LogP contribution in [0.5, 0.6) is 0 Å². The Morgan fingerprint density at radius 1 is 1.17 bits per heavy atom. The fraction of sp³-hybridized carbons (Fsp3) is 0.250. The van der Waals surface area contributed by atoms with Gasteiger partial charge in [0.2, 0.25) is 11.8 Å². The van der Waals surface area contributed by atoms with Gasteiger partial charge in [0.15, 0.2) is 0 Å². The first kappa shape index (κ1) is 21.5. The van der Waals surface area contributed by atoms with E-state index in [9.17, 15) is 19.7 Å². The molecule has 152 valence electrons. The number of carbonyl (C=O) groups excluding carboxylic acids is 2. The normalized spacial score (nSPS) is 10.6. The summed E-state index contributed by atoms with van der Waals surface area (Å²) in [6, 6.07) is 12.0. The zero-order chi connectivity index (χ0) is 21.4. The summed E-state index contributed by atoms with van der Waals surface area (Å²) in [5, 5.41) is 17.7. The fourth-order valence-electron chi connectivity index (χ4n) is 2.65. The molecule has 0 saturated carbocycles. The van der Waals surface area contributed by atoms with Gasteiger partial charge in [-0.15, -0.1) is 0 Å². The van der Waals surface area contributed by atoms with E-state index in [0.717, 1.165) is 12.0 Å². The molecule has 0 radical (unpaired) electrons. The number of carbonyl (C=O) groups is 2. The molecule has 0 atom stereocenters. The van der Waals surface area contributed by atoms with Gasteiger partial charge in [0.05, 0.1) is 11.1 Å². The van der Waals surface area contributed by atoms with Crippen LogP contribution in [0.4, 0.5) is 17.1 Å². The molecular weight excluding hydrogens is 374 g/mol. The smallest absolute Gasteiger partial charge is 0.293 e. The summed E-state index contributed by atoms with van der Waals surface area (Å²) in [5.41, 5.74) is 4.73. The van der Waals surface area contributed by atoms with Crippen molar-refractivity contribution in [3.05, 3.63) is 63.7 Å². The van der Waals surface area contributed by atoms with Crippen molar-refractivity contribution >= 4 is 35.1 Å². The summed E-state index contributed by atoms with van der Waals surface area (Å²) >= 11 is 0. The molecule has 9 heteroatoms. The molecule has 0 saturated heterocycles. The van der Waals surface area contributed by atoms with Crippen molar-refractivity contribution in [2.24, 2.45) is 5.10 Å². The minimum absolute atomic E-state index is 0.0701. The Kier molecular flexibility index (Phi) is 7.41. The molecule has 2 N–H and O–H groups in total. The van der Waals surface area contributed by atoms with Crippen molar-refractivity contribution in [2.45, 2.75) is 19.8 Å². The first-order chi connectivity index (χ1) is 13.8. The molecule has 0 unspecified atom stereocenters. The molecule has 0 aliphatic heterocycles. The Morgan fingerprint density at radius 3 is 2.55 bits per heavy atom. The number of benzene rings is 2. The van der Waals surface area contributed by atoms with E-state index < -0.39 is 23.2 Å². The standard InChI is InChI=1S/C20H23N5O4/c1-4-15-7-5-6-8-16(15)22-19(26)12-20(27)23-21-13-14-9-10-17(24(2)3)18(11-14)25(28)29/h5-11,13H,4,12H2,1-3H3,(H,22,26)(H,23,27). The van der Waals surface area contributed by atoms with Crippen LogP contribution in [0.3, 0.4) is 0 Å². The van der Waals surface area contributed by atoms with Crippen molar-refractivity contribution < 1.29 is 14.5 Å². The summed E-state index contributed by atoms with van der Waals surface area (Å²) in [5.74, 6) is -1.04. The van der Waals surface area contributed by atoms with E-state index in [1.807, 2.05) is 19.1 Å². The zero-order valence-electron chi connectivity index (χ0n) is 16.5. The minimum Gasteiger partial charge on any atom is -0.372 e. The van der Waals surface area contributed by atoms with Gasteiger partial charge in [0, 0.05) is 31.4 Å². The van der Waals surface area contributed by atoms with Crippen molar-refractivity contribution in [1.29, 1.82) is 0 Å². The number of nitrogens with one attached hydrogen (secondary N) is 2. The van der Waals surface area contributed by atoms with E-state index in [-0.39, 0.29) is 5.69 Å². The number of rotatable bonds is 8. The summed E-state index contributed by atoms with van der Waals surface area (Å²) < 4.78 is 0.